The van der Waals surface area contributed by atoms with Crippen molar-refractivity contribution in [3.63, 3.8) is 0 Å². The lowest BCUT2D eigenvalue weighted by molar-refractivity contribution is -0.129. The summed E-state index contributed by atoms with van der Waals surface area (Å²) < 4.78 is 0. The van der Waals surface area contributed by atoms with Gasteiger partial charge in [0.05, 0.1) is 11.9 Å². The number of carboxylic acids is 1. The van der Waals surface area contributed by atoms with Gasteiger partial charge in [-0.15, -0.1) is 0 Å². The van der Waals surface area contributed by atoms with Crippen LogP contribution in [0.5, 0.6) is 0 Å². The van der Waals surface area contributed by atoms with Gasteiger partial charge in [-0.25, -0.2) is 4.79 Å². The van der Waals surface area contributed by atoms with Crippen LogP contribution in [0.2, 0.25) is 0 Å². The highest BCUT2D eigenvalue weighted by atomic mass is 16.4. The van der Waals surface area contributed by atoms with E-state index in [0.29, 0.717) is 5.69 Å². The van der Waals surface area contributed by atoms with Gasteiger partial charge in [-0.3, -0.25) is 0 Å². The molecule has 0 spiro atoms. The minimum atomic E-state index is -1.28. The van der Waals surface area contributed by atoms with Gasteiger partial charge in [0.2, 0.25) is 0 Å². The molecule has 0 aromatic carbocycles. The molecule has 0 saturated carbocycles. The van der Waals surface area contributed by atoms with Crippen molar-refractivity contribution in [3.8, 4) is 0 Å². The van der Waals surface area contributed by atoms with E-state index in [-0.39, 0.29) is 12.1 Å². The van der Waals surface area contributed by atoms with Crippen LogP contribution in [-0.4, -0.2) is 37.4 Å². The summed E-state index contributed by atoms with van der Waals surface area (Å²) in [7, 11) is 0. The Morgan fingerprint density at radius 1 is 1.75 bits per heavy atom. The molecule has 0 aliphatic carbocycles. The first-order chi connectivity index (χ1) is 5.74. The first-order valence-corrected chi connectivity index (χ1v) is 3.03. The number of aliphatic carboxylic acids is 1. The van der Waals surface area contributed by atoms with E-state index in [1.54, 1.807) is 0 Å². The molecule has 0 amide bonds. The number of H-pyrrole nitrogens is 1. The summed E-state index contributed by atoms with van der Waals surface area (Å²) in [5.41, 5.74) is 0.0362. The third-order valence-electron chi connectivity index (χ3n) is 1.18. The molecule has 1 aromatic rings. The molecule has 0 aliphatic rings. The Labute approximate surface area is 66.7 Å². The van der Waals surface area contributed by atoms with E-state index in [1.165, 1.54) is 6.20 Å². The molecule has 0 atom stereocenters. The summed E-state index contributed by atoms with van der Waals surface area (Å²) in [4.78, 5) is 10.3. The molecule has 0 bridgehead atoms. The van der Waals surface area contributed by atoms with Crippen molar-refractivity contribution in [2.24, 2.45) is 5.16 Å². The number of hydrogen-bond donors (Lipinski definition) is 3. The Hall–Kier alpha value is -1.92. The smallest absolute Gasteiger partial charge is 0.354 e. The van der Waals surface area contributed by atoms with Gasteiger partial charge in [0.25, 0.3) is 0 Å². The summed E-state index contributed by atoms with van der Waals surface area (Å²) in [6.45, 7) is 0. The van der Waals surface area contributed by atoms with Crippen molar-refractivity contribution in [2.45, 2.75) is 6.42 Å². The van der Waals surface area contributed by atoms with Crippen LogP contribution in [0.15, 0.2) is 11.4 Å². The molecular weight excluding hydrogens is 164 g/mol. The standard InChI is InChI=1S/C5H6N4O3/c10-5(11)4(8-12)1-3-2-6-9-7-3/h2,12H,1H2,(H,10,11)(H,6,7,9)/b8-4+. The number of carbonyl (C=O) groups is 1. The van der Waals surface area contributed by atoms with Crippen LogP contribution < -0.4 is 0 Å². The maximum atomic E-state index is 10.3. The van der Waals surface area contributed by atoms with Crippen molar-refractivity contribution >= 4 is 11.7 Å². The normalized spacial score (nSPS) is 11.5. The molecule has 1 aromatic heterocycles. The number of aromatic amines is 1. The van der Waals surface area contributed by atoms with Crippen LogP contribution in [0.3, 0.4) is 0 Å². The van der Waals surface area contributed by atoms with Gasteiger partial charge in [-0.2, -0.15) is 15.4 Å². The second-order valence-electron chi connectivity index (χ2n) is 1.99. The molecule has 1 heterocycles. The molecule has 0 saturated heterocycles. The van der Waals surface area contributed by atoms with Crippen LogP contribution in [0, 0.1) is 0 Å². The summed E-state index contributed by atoms with van der Waals surface area (Å²) in [6.07, 6.45) is 1.30. The highest BCUT2D eigenvalue weighted by Crippen LogP contribution is 1.93. The van der Waals surface area contributed by atoms with Crippen molar-refractivity contribution in [3.05, 3.63) is 11.9 Å². The Morgan fingerprint density at radius 3 is 2.92 bits per heavy atom. The Morgan fingerprint density at radius 2 is 2.50 bits per heavy atom. The molecule has 64 valence electrons. The van der Waals surface area contributed by atoms with Crippen LogP contribution in [0.25, 0.3) is 0 Å². The molecule has 1 rings (SSSR count). The second kappa shape index (κ2) is 3.46. The Kier molecular flexibility index (Phi) is 2.36. The zero-order valence-corrected chi connectivity index (χ0v) is 5.93. The summed E-state index contributed by atoms with van der Waals surface area (Å²) in [5, 5.41) is 28.6. The SMILES string of the molecule is O=C(O)/C(Cc1cn[nH]n1)=N/O. The zero-order chi connectivity index (χ0) is 8.97. The molecule has 0 fully saturated rings. The van der Waals surface area contributed by atoms with E-state index >= 15 is 0 Å². The van der Waals surface area contributed by atoms with Crippen LogP contribution in [0.1, 0.15) is 5.69 Å². The summed E-state index contributed by atoms with van der Waals surface area (Å²) >= 11 is 0. The van der Waals surface area contributed by atoms with Gasteiger partial charge in [-0.05, 0) is 0 Å². The largest absolute Gasteiger partial charge is 0.477 e. The summed E-state index contributed by atoms with van der Waals surface area (Å²) in [5.74, 6) is -1.28. The van der Waals surface area contributed by atoms with E-state index < -0.39 is 5.97 Å². The van der Waals surface area contributed by atoms with Crippen molar-refractivity contribution in [1.82, 2.24) is 15.4 Å². The minimum absolute atomic E-state index is 0.0532. The lowest BCUT2D eigenvalue weighted by Gasteiger charge is -1.92. The fraction of sp³-hybridized carbons (Fsp3) is 0.200. The van der Waals surface area contributed by atoms with Crippen LogP contribution >= 0.6 is 0 Å². The number of nitrogens with one attached hydrogen (secondary N) is 1. The molecule has 12 heavy (non-hydrogen) atoms. The number of aromatic nitrogens is 3. The highest BCUT2D eigenvalue weighted by Gasteiger charge is 2.12. The van der Waals surface area contributed by atoms with Gasteiger partial charge in [0, 0.05) is 6.42 Å². The molecule has 0 aliphatic heterocycles. The predicted octanol–water partition coefficient (Wildman–Crippen LogP) is -0.738. The quantitative estimate of drug-likeness (QED) is 0.314. The summed E-state index contributed by atoms with van der Waals surface area (Å²) in [6, 6.07) is 0. The predicted molar refractivity (Wildman–Crippen MR) is 36.9 cm³/mol. The molecule has 0 radical (unpaired) electrons. The Balaban J connectivity index is 2.68. The first-order valence-electron chi connectivity index (χ1n) is 3.03. The second-order valence-corrected chi connectivity index (χ2v) is 1.99. The minimum Gasteiger partial charge on any atom is -0.477 e. The van der Waals surface area contributed by atoms with Crippen molar-refractivity contribution in [1.29, 1.82) is 0 Å². The molecule has 3 N–H and O–H groups in total. The number of hydrogen-bond acceptors (Lipinski definition) is 5. The lowest BCUT2D eigenvalue weighted by Crippen LogP contribution is -2.16. The van der Waals surface area contributed by atoms with Gasteiger partial charge in [-0.1, -0.05) is 5.16 Å². The molecule has 7 heteroatoms. The molecular formula is C5H6N4O3. The maximum absolute atomic E-state index is 10.3. The van der Waals surface area contributed by atoms with Crippen LogP contribution in [0.4, 0.5) is 0 Å². The van der Waals surface area contributed by atoms with Crippen LogP contribution in [-0.2, 0) is 11.2 Å². The van der Waals surface area contributed by atoms with E-state index in [0.717, 1.165) is 0 Å². The van der Waals surface area contributed by atoms with E-state index in [1.807, 2.05) is 0 Å². The topological polar surface area (TPSA) is 111 Å². The third-order valence-corrected chi connectivity index (χ3v) is 1.18. The molecule has 0 unspecified atom stereocenters. The number of rotatable bonds is 3. The van der Waals surface area contributed by atoms with Gasteiger partial charge < -0.3 is 10.3 Å². The monoisotopic (exact) mass is 170 g/mol. The Bertz CT molecular complexity index is 292. The first kappa shape index (κ1) is 8.18. The maximum Gasteiger partial charge on any atom is 0.354 e. The number of carboxylic acid groups (broad SMARTS) is 1. The van der Waals surface area contributed by atoms with Gasteiger partial charge in [0.15, 0.2) is 5.71 Å². The number of oxime groups is 1. The average molecular weight is 170 g/mol. The van der Waals surface area contributed by atoms with Gasteiger partial charge >= 0.3 is 5.97 Å². The lowest BCUT2D eigenvalue weighted by atomic mass is 10.2. The van der Waals surface area contributed by atoms with E-state index in [2.05, 4.69) is 20.6 Å². The highest BCUT2D eigenvalue weighted by molar-refractivity contribution is 6.35. The van der Waals surface area contributed by atoms with Crippen molar-refractivity contribution in [2.75, 3.05) is 0 Å². The van der Waals surface area contributed by atoms with E-state index in [9.17, 15) is 4.79 Å². The van der Waals surface area contributed by atoms with Gasteiger partial charge in [0.1, 0.15) is 0 Å². The fourth-order valence-electron chi connectivity index (χ4n) is 0.636. The fourth-order valence-corrected chi connectivity index (χ4v) is 0.636. The zero-order valence-electron chi connectivity index (χ0n) is 5.93. The third kappa shape index (κ3) is 1.78. The average Bonchev–Trinajstić information content (AvgIpc) is 2.51. The molecule has 7 nitrogen and oxygen atoms in total. The van der Waals surface area contributed by atoms with E-state index in [4.69, 9.17) is 10.3 Å². The van der Waals surface area contributed by atoms with Crippen molar-refractivity contribution < 1.29 is 15.1 Å². The number of nitrogens with zero attached hydrogens (tertiary/aromatic N) is 3.